The van der Waals surface area contributed by atoms with Crippen LogP contribution in [0.4, 0.5) is 11.4 Å². The van der Waals surface area contributed by atoms with Gasteiger partial charge in [0.15, 0.2) is 0 Å². The fourth-order valence-electron chi connectivity index (χ4n) is 2.17. The van der Waals surface area contributed by atoms with Crippen molar-refractivity contribution in [2.45, 2.75) is 19.8 Å². The maximum Gasteiger partial charge on any atom is 0.232 e. The number of benzene rings is 1. The Kier molecular flexibility index (Phi) is 3.30. The topological polar surface area (TPSA) is 66.5 Å². The first-order valence-corrected chi connectivity index (χ1v) is 7.61. The van der Waals surface area contributed by atoms with Crippen molar-refractivity contribution in [1.82, 2.24) is 0 Å². The van der Waals surface area contributed by atoms with Crippen LogP contribution in [0.2, 0.25) is 0 Å². The van der Waals surface area contributed by atoms with Gasteiger partial charge in [-0.1, -0.05) is 6.07 Å². The summed E-state index contributed by atoms with van der Waals surface area (Å²) in [5, 5.41) is 2.67. The number of rotatable bonds is 2. The normalized spacial score (nSPS) is 15.1. The van der Waals surface area contributed by atoms with Gasteiger partial charge in [-0.15, -0.1) is 0 Å². The summed E-state index contributed by atoms with van der Waals surface area (Å²) in [7, 11) is -3.26. The molecule has 18 heavy (non-hydrogen) atoms. The molecule has 1 aromatic carbocycles. The van der Waals surface area contributed by atoms with Crippen molar-refractivity contribution in [3.63, 3.8) is 0 Å². The molecule has 1 N–H and O–H groups in total. The van der Waals surface area contributed by atoms with Crippen molar-refractivity contribution in [2.24, 2.45) is 0 Å². The summed E-state index contributed by atoms with van der Waals surface area (Å²) in [5.41, 5.74) is 2.30. The molecule has 0 radical (unpaired) electrons. The third-order valence-electron chi connectivity index (χ3n) is 2.88. The molecule has 0 unspecified atom stereocenters. The van der Waals surface area contributed by atoms with Crippen molar-refractivity contribution < 1.29 is 13.2 Å². The van der Waals surface area contributed by atoms with E-state index in [0.717, 1.165) is 18.4 Å². The van der Waals surface area contributed by atoms with E-state index in [2.05, 4.69) is 5.32 Å². The van der Waals surface area contributed by atoms with Crippen LogP contribution in [0.15, 0.2) is 18.2 Å². The highest BCUT2D eigenvalue weighted by atomic mass is 32.2. The minimum Gasteiger partial charge on any atom is -0.326 e. The van der Waals surface area contributed by atoms with Crippen molar-refractivity contribution in [2.75, 3.05) is 22.4 Å². The Morgan fingerprint density at radius 3 is 2.72 bits per heavy atom. The van der Waals surface area contributed by atoms with E-state index >= 15 is 0 Å². The number of carbonyl (C=O) groups excluding carboxylic acids is 1. The molecule has 0 aromatic heterocycles. The zero-order valence-electron chi connectivity index (χ0n) is 10.4. The zero-order chi connectivity index (χ0) is 13.3. The van der Waals surface area contributed by atoms with Gasteiger partial charge in [0.1, 0.15) is 0 Å². The molecule has 0 spiro atoms. The van der Waals surface area contributed by atoms with Crippen molar-refractivity contribution in [3.05, 3.63) is 23.8 Å². The number of anilines is 2. The number of aryl methyl sites for hydroxylation is 1. The molecule has 0 fully saturated rings. The van der Waals surface area contributed by atoms with Gasteiger partial charge < -0.3 is 5.32 Å². The van der Waals surface area contributed by atoms with Crippen LogP contribution in [-0.4, -0.2) is 27.1 Å². The molecule has 0 atom stereocenters. The van der Waals surface area contributed by atoms with E-state index < -0.39 is 10.0 Å². The van der Waals surface area contributed by atoms with E-state index in [1.807, 2.05) is 6.07 Å². The van der Waals surface area contributed by atoms with Crippen LogP contribution in [-0.2, 0) is 21.2 Å². The van der Waals surface area contributed by atoms with Crippen molar-refractivity contribution >= 4 is 27.3 Å². The highest BCUT2D eigenvalue weighted by molar-refractivity contribution is 7.92. The average molecular weight is 268 g/mol. The molecule has 1 aliphatic heterocycles. The molecule has 0 saturated carbocycles. The van der Waals surface area contributed by atoms with Crippen molar-refractivity contribution in [3.8, 4) is 0 Å². The van der Waals surface area contributed by atoms with Crippen LogP contribution in [0, 0.1) is 0 Å². The molecule has 5 nitrogen and oxygen atoms in total. The molecule has 98 valence electrons. The van der Waals surface area contributed by atoms with Gasteiger partial charge in [-0.2, -0.15) is 0 Å². The predicted molar refractivity (Wildman–Crippen MR) is 71.3 cm³/mol. The molecule has 1 aliphatic rings. The van der Waals surface area contributed by atoms with Crippen LogP contribution in [0.5, 0.6) is 0 Å². The summed E-state index contributed by atoms with van der Waals surface area (Å²) in [6, 6.07) is 5.39. The number of fused-ring (bicyclic) bond motifs is 1. The minimum absolute atomic E-state index is 0.170. The van der Waals surface area contributed by atoms with Crippen molar-refractivity contribution in [1.29, 1.82) is 0 Å². The number of nitrogens with one attached hydrogen (secondary N) is 1. The number of amides is 1. The first-order valence-electron chi connectivity index (χ1n) is 5.76. The van der Waals surface area contributed by atoms with E-state index in [9.17, 15) is 13.2 Å². The van der Waals surface area contributed by atoms with Gasteiger partial charge in [0.05, 0.1) is 11.9 Å². The van der Waals surface area contributed by atoms with E-state index in [0.29, 0.717) is 17.9 Å². The maximum absolute atomic E-state index is 11.7. The van der Waals surface area contributed by atoms with E-state index in [-0.39, 0.29) is 5.91 Å². The Morgan fingerprint density at radius 2 is 2.11 bits per heavy atom. The molecule has 1 aromatic rings. The maximum atomic E-state index is 11.7. The molecule has 0 bridgehead atoms. The Morgan fingerprint density at radius 1 is 1.39 bits per heavy atom. The molecule has 2 rings (SSSR count). The summed E-state index contributed by atoms with van der Waals surface area (Å²) in [4.78, 5) is 11.0. The van der Waals surface area contributed by atoms with Crippen LogP contribution in [0.1, 0.15) is 18.9 Å². The quantitative estimate of drug-likeness (QED) is 0.880. The van der Waals surface area contributed by atoms with Gasteiger partial charge in [0.25, 0.3) is 0 Å². The molecular formula is C12H16N2O3S. The lowest BCUT2D eigenvalue weighted by atomic mass is 10.0. The molecule has 1 amide bonds. The number of sulfonamides is 1. The Labute approximate surface area is 107 Å². The molecular weight excluding hydrogens is 252 g/mol. The highest BCUT2D eigenvalue weighted by Gasteiger charge is 2.24. The fourth-order valence-corrected chi connectivity index (χ4v) is 3.15. The Hall–Kier alpha value is -1.56. The second-order valence-electron chi connectivity index (χ2n) is 4.46. The molecule has 0 aliphatic carbocycles. The monoisotopic (exact) mass is 268 g/mol. The van der Waals surface area contributed by atoms with Gasteiger partial charge >= 0.3 is 0 Å². The average Bonchev–Trinajstić information content (AvgIpc) is 2.26. The second-order valence-corrected chi connectivity index (χ2v) is 6.37. The molecule has 6 heteroatoms. The van der Waals surface area contributed by atoms with Gasteiger partial charge in [-0.3, -0.25) is 9.10 Å². The van der Waals surface area contributed by atoms with E-state index in [1.165, 1.54) is 17.5 Å². The Bertz CT molecular complexity index is 581. The van der Waals surface area contributed by atoms with Crippen LogP contribution < -0.4 is 9.62 Å². The Balaban J connectivity index is 2.44. The standard InChI is InChI=1S/C12H16N2O3S/c1-9(15)13-11-6-5-10-4-3-7-14(12(10)8-11)18(2,16)17/h5-6,8H,3-4,7H2,1-2H3,(H,13,15). The molecule has 1 heterocycles. The third-order valence-corrected chi connectivity index (χ3v) is 4.06. The van der Waals surface area contributed by atoms with Gasteiger partial charge in [0, 0.05) is 19.2 Å². The van der Waals surface area contributed by atoms with Crippen LogP contribution >= 0.6 is 0 Å². The zero-order valence-corrected chi connectivity index (χ0v) is 11.3. The minimum atomic E-state index is -3.26. The lowest BCUT2D eigenvalue weighted by Gasteiger charge is -2.29. The first-order chi connectivity index (χ1) is 8.38. The van der Waals surface area contributed by atoms with E-state index in [1.54, 1.807) is 12.1 Å². The van der Waals surface area contributed by atoms with Gasteiger partial charge in [-0.25, -0.2) is 8.42 Å². The number of hydrogen-bond donors (Lipinski definition) is 1. The fraction of sp³-hybridized carbons (Fsp3) is 0.417. The SMILES string of the molecule is CC(=O)Nc1ccc2c(c1)N(S(C)(=O)=O)CCC2. The summed E-state index contributed by atoms with van der Waals surface area (Å²) in [6.45, 7) is 1.92. The van der Waals surface area contributed by atoms with Gasteiger partial charge in [-0.05, 0) is 30.5 Å². The summed E-state index contributed by atoms with van der Waals surface area (Å²) in [5.74, 6) is -0.170. The summed E-state index contributed by atoms with van der Waals surface area (Å²) < 4.78 is 24.8. The largest absolute Gasteiger partial charge is 0.326 e. The third kappa shape index (κ3) is 2.64. The predicted octanol–water partition coefficient (Wildman–Crippen LogP) is 1.36. The number of nitrogens with zero attached hydrogens (tertiary/aromatic N) is 1. The lowest BCUT2D eigenvalue weighted by molar-refractivity contribution is -0.114. The van der Waals surface area contributed by atoms with E-state index in [4.69, 9.17) is 0 Å². The summed E-state index contributed by atoms with van der Waals surface area (Å²) in [6.07, 6.45) is 2.88. The second kappa shape index (κ2) is 4.61. The van der Waals surface area contributed by atoms with Gasteiger partial charge in [0.2, 0.25) is 15.9 Å². The molecule has 0 saturated heterocycles. The lowest BCUT2D eigenvalue weighted by Crippen LogP contribution is -2.34. The smallest absolute Gasteiger partial charge is 0.232 e. The summed E-state index contributed by atoms with van der Waals surface area (Å²) >= 11 is 0. The first kappa shape index (κ1) is 12.9. The van der Waals surface area contributed by atoms with Crippen LogP contribution in [0.25, 0.3) is 0 Å². The van der Waals surface area contributed by atoms with Crippen LogP contribution in [0.3, 0.4) is 0 Å². The highest BCUT2D eigenvalue weighted by Crippen LogP contribution is 2.31. The number of hydrogen-bond acceptors (Lipinski definition) is 3. The number of carbonyl (C=O) groups is 1.